The normalized spacial score (nSPS) is 15.6. The summed E-state index contributed by atoms with van der Waals surface area (Å²) in [6.07, 6.45) is 0. The first-order chi connectivity index (χ1) is 13.0. The number of carbonyl (C=O) groups is 1. The number of benzene rings is 1. The number of rotatable bonds is 6. The minimum atomic E-state index is -0.524. The molecule has 1 atom stereocenters. The van der Waals surface area contributed by atoms with E-state index in [0.717, 1.165) is 19.0 Å². The summed E-state index contributed by atoms with van der Waals surface area (Å²) in [5, 5.41) is 11.5. The van der Waals surface area contributed by atoms with Gasteiger partial charge in [0.05, 0.1) is 23.5 Å². The molecule has 0 saturated carbocycles. The number of halogens is 2. The van der Waals surface area contributed by atoms with Crippen molar-refractivity contribution in [1.29, 1.82) is 0 Å². The fraction of sp³-hybridized carbons (Fsp3) is 0.471. The van der Waals surface area contributed by atoms with Gasteiger partial charge in [-0.2, -0.15) is 0 Å². The molecule has 1 aliphatic heterocycles. The van der Waals surface area contributed by atoms with Gasteiger partial charge in [0.25, 0.3) is 0 Å². The van der Waals surface area contributed by atoms with Crippen molar-refractivity contribution >= 4 is 40.9 Å². The Morgan fingerprint density at radius 1 is 1.41 bits per heavy atom. The minimum Gasteiger partial charge on any atom is -0.378 e. The molecular weight excluding hydrogens is 393 g/mol. The van der Waals surface area contributed by atoms with Crippen molar-refractivity contribution in [3.05, 3.63) is 29.0 Å². The van der Waals surface area contributed by atoms with Crippen LogP contribution in [0.1, 0.15) is 13.8 Å². The van der Waals surface area contributed by atoms with Crippen LogP contribution in [0.25, 0.3) is 0 Å². The number of ether oxygens (including phenoxy) is 1. The molecule has 3 rings (SSSR count). The first kappa shape index (κ1) is 19.9. The molecule has 1 aromatic heterocycles. The lowest BCUT2D eigenvalue weighted by Gasteiger charge is -2.27. The van der Waals surface area contributed by atoms with Gasteiger partial charge in [0.2, 0.25) is 11.9 Å². The standard InChI is InChI=1S/C17H21ClFN5O2S/c1-3-24-16(23-6-8-26-9-7-23)21-22-17(24)27-11(2)15(25)20-12-4-5-14(19)13(18)10-12/h4-5,10-11H,3,6-9H2,1-2H3,(H,20,25)/t11-/m1/s1. The zero-order valence-electron chi connectivity index (χ0n) is 15.1. The maximum absolute atomic E-state index is 13.2. The van der Waals surface area contributed by atoms with Crippen LogP contribution in [0.2, 0.25) is 5.02 Å². The fourth-order valence-electron chi connectivity index (χ4n) is 2.67. The van der Waals surface area contributed by atoms with Crippen LogP contribution < -0.4 is 10.2 Å². The van der Waals surface area contributed by atoms with Gasteiger partial charge in [0.1, 0.15) is 5.82 Å². The van der Waals surface area contributed by atoms with Gasteiger partial charge < -0.3 is 15.0 Å². The van der Waals surface area contributed by atoms with E-state index in [1.165, 1.54) is 30.0 Å². The van der Waals surface area contributed by atoms with Crippen molar-refractivity contribution in [3.63, 3.8) is 0 Å². The Hall–Kier alpha value is -1.84. The molecule has 1 N–H and O–H groups in total. The molecule has 0 unspecified atom stereocenters. The molecule has 2 heterocycles. The van der Waals surface area contributed by atoms with Crippen LogP contribution in [0.15, 0.2) is 23.4 Å². The third-order valence-electron chi connectivity index (χ3n) is 4.15. The number of thioether (sulfide) groups is 1. The number of anilines is 2. The van der Waals surface area contributed by atoms with Crippen molar-refractivity contribution in [2.75, 3.05) is 36.5 Å². The van der Waals surface area contributed by atoms with Crippen LogP contribution >= 0.6 is 23.4 Å². The summed E-state index contributed by atoms with van der Waals surface area (Å²) in [5.74, 6) is 0.0475. The van der Waals surface area contributed by atoms with E-state index in [4.69, 9.17) is 16.3 Å². The third-order valence-corrected chi connectivity index (χ3v) is 5.52. The molecule has 1 aromatic carbocycles. The topological polar surface area (TPSA) is 72.3 Å². The summed E-state index contributed by atoms with van der Waals surface area (Å²) in [6, 6.07) is 4.08. The quantitative estimate of drug-likeness (QED) is 0.734. The van der Waals surface area contributed by atoms with Crippen molar-refractivity contribution in [3.8, 4) is 0 Å². The molecule has 7 nitrogen and oxygen atoms in total. The number of morpholine rings is 1. The van der Waals surface area contributed by atoms with Gasteiger partial charge >= 0.3 is 0 Å². The van der Waals surface area contributed by atoms with Gasteiger partial charge in [-0.25, -0.2) is 4.39 Å². The maximum atomic E-state index is 13.2. The molecule has 1 amide bonds. The van der Waals surface area contributed by atoms with Crippen LogP contribution in [-0.4, -0.2) is 52.2 Å². The smallest absolute Gasteiger partial charge is 0.237 e. The lowest BCUT2D eigenvalue weighted by Crippen LogP contribution is -2.38. The first-order valence-electron chi connectivity index (χ1n) is 8.68. The summed E-state index contributed by atoms with van der Waals surface area (Å²) in [4.78, 5) is 14.6. The lowest BCUT2D eigenvalue weighted by molar-refractivity contribution is -0.115. The van der Waals surface area contributed by atoms with Gasteiger partial charge in [-0.3, -0.25) is 9.36 Å². The average Bonchev–Trinajstić information content (AvgIpc) is 3.08. The summed E-state index contributed by atoms with van der Waals surface area (Å²) >= 11 is 7.08. The molecule has 1 saturated heterocycles. The van der Waals surface area contributed by atoms with E-state index >= 15 is 0 Å². The molecule has 0 aliphatic carbocycles. The van der Waals surface area contributed by atoms with E-state index in [-0.39, 0.29) is 10.9 Å². The van der Waals surface area contributed by atoms with Crippen LogP contribution in [0.4, 0.5) is 16.0 Å². The van der Waals surface area contributed by atoms with Crippen molar-refractivity contribution in [1.82, 2.24) is 14.8 Å². The van der Waals surface area contributed by atoms with E-state index in [1.54, 1.807) is 6.92 Å². The van der Waals surface area contributed by atoms with Gasteiger partial charge in [-0.05, 0) is 32.0 Å². The Morgan fingerprint density at radius 2 is 2.15 bits per heavy atom. The van der Waals surface area contributed by atoms with Gasteiger partial charge in [0, 0.05) is 25.3 Å². The molecule has 146 valence electrons. The highest BCUT2D eigenvalue weighted by Crippen LogP contribution is 2.27. The van der Waals surface area contributed by atoms with E-state index in [2.05, 4.69) is 20.4 Å². The number of hydrogen-bond donors (Lipinski definition) is 1. The molecular formula is C17H21ClFN5O2S. The van der Waals surface area contributed by atoms with Crippen LogP contribution in [0.5, 0.6) is 0 Å². The maximum Gasteiger partial charge on any atom is 0.237 e. The molecule has 0 radical (unpaired) electrons. The molecule has 10 heteroatoms. The Morgan fingerprint density at radius 3 is 2.81 bits per heavy atom. The van der Waals surface area contributed by atoms with E-state index in [9.17, 15) is 9.18 Å². The Balaban J connectivity index is 1.67. The fourth-order valence-corrected chi connectivity index (χ4v) is 3.76. The lowest BCUT2D eigenvalue weighted by atomic mass is 10.3. The minimum absolute atomic E-state index is 0.0333. The summed E-state index contributed by atoms with van der Waals surface area (Å²) in [7, 11) is 0. The molecule has 1 aliphatic rings. The second-order valence-electron chi connectivity index (χ2n) is 6.00. The van der Waals surface area contributed by atoms with Crippen LogP contribution in [-0.2, 0) is 16.1 Å². The van der Waals surface area contributed by atoms with Crippen molar-refractivity contribution in [2.45, 2.75) is 30.8 Å². The molecule has 0 bridgehead atoms. The Kier molecular flexibility index (Phi) is 6.56. The summed E-state index contributed by atoms with van der Waals surface area (Å²) in [6.45, 7) is 7.37. The summed E-state index contributed by atoms with van der Waals surface area (Å²) in [5.41, 5.74) is 0.449. The number of nitrogens with zero attached hydrogens (tertiary/aromatic N) is 4. The van der Waals surface area contributed by atoms with Gasteiger partial charge in [-0.1, -0.05) is 23.4 Å². The highest BCUT2D eigenvalue weighted by molar-refractivity contribution is 8.00. The highest BCUT2D eigenvalue weighted by Gasteiger charge is 2.23. The number of carbonyl (C=O) groups excluding carboxylic acids is 1. The van der Waals surface area contributed by atoms with Crippen LogP contribution in [0, 0.1) is 5.82 Å². The highest BCUT2D eigenvalue weighted by atomic mass is 35.5. The van der Waals surface area contributed by atoms with Gasteiger partial charge in [0.15, 0.2) is 5.16 Å². The summed E-state index contributed by atoms with van der Waals surface area (Å²) < 4.78 is 20.6. The molecule has 2 aromatic rings. The van der Waals surface area contributed by atoms with E-state index in [1.807, 2.05) is 11.5 Å². The van der Waals surface area contributed by atoms with E-state index in [0.29, 0.717) is 30.6 Å². The van der Waals surface area contributed by atoms with Gasteiger partial charge in [-0.15, -0.1) is 10.2 Å². The second kappa shape index (κ2) is 8.90. The predicted molar refractivity (Wildman–Crippen MR) is 104 cm³/mol. The Bertz CT molecular complexity index is 813. The number of hydrogen-bond acceptors (Lipinski definition) is 6. The molecule has 27 heavy (non-hydrogen) atoms. The number of nitrogens with one attached hydrogen (secondary N) is 1. The zero-order valence-corrected chi connectivity index (χ0v) is 16.7. The third kappa shape index (κ3) is 4.72. The Labute approximate surface area is 166 Å². The van der Waals surface area contributed by atoms with Crippen molar-refractivity contribution < 1.29 is 13.9 Å². The zero-order chi connectivity index (χ0) is 19.4. The largest absolute Gasteiger partial charge is 0.378 e. The number of aromatic nitrogens is 3. The average molecular weight is 414 g/mol. The van der Waals surface area contributed by atoms with E-state index < -0.39 is 11.1 Å². The number of amides is 1. The SMILES string of the molecule is CCn1c(S[C@H](C)C(=O)Nc2ccc(F)c(Cl)c2)nnc1N1CCOCC1. The first-order valence-corrected chi connectivity index (χ1v) is 9.93. The molecule has 1 fully saturated rings. The van der Waals surface area contributed by atoms with Crippen LogP contribution in [0.3, 0.4) is 0 Å². The molecule has 0 spiro atoms. The monoisotopic (exact) mass is 413 g/mol. The second-order valence-corrected chi connectivity index (χ2v) is 7.72. The van der Waals surface area contributed by atoms with Crippen molar-refractivity contribution in [2.24, 2.45) is 0 Å². The predicted octanol–water partition coefficient (Wildman–Crippen LogP) is 3.05.